The molecule has 0 saturated heterocycles. The molecule has 0 aliphatic carbocycles. The van der Waals surface area contributed by atoms with Crippen molar-refractivity contribution in [3.05, 3.63) is 24.3 Å². The number of hydrogen-bond acceptors (Lipinski definition) is 4. The summed E-state index contributed by atoms with van der Waals surface area (Å²) in [6, 6.07) is -0.826. The minimum absolute atomic E-state index is 0.149. The lowest BCUT2D eigenvalue weighted by Crippen LogP contribution is -2.50. The van der Waals surface area contributed by atoms with E-state index in [1.807, 2.05) is 0 Å². The summed E-state index contributed by atoms with van der Waals surface area (Å²) in [5.41, 5.74) is 0. The molecule has 0 spiro atoms. The average Bonchev–Trinajstić information content (AvgIpc) is 3.32. The van der Waals surface area contributed by atoms with Crippen LogP contribution in [0.4, 0.5) is 0 Å². The number of amides is 1. The summed E-state index contributed by atoms with van der Waals surface area (Å²) < 4.78 is 0. The predicted octanol–water partition coefficient (Wildman–Crippen LogP) is 18.8. The Morgan fingerprint density at radius 1 is 0.364 bits per heavy atom. The number of aliphatic hydroxyl groups excluding tert-OH is 3. The molecule has 0 aromatic carbocycles. The summed E-state index contributed by atoms with van der Waals surface area (Å²) in [5.74, 6) is -0.149. The minimum Gasteiger partial charge on any atom is -0.394 e. The molecule has 5 heteroatoms. The van der Waals surface area contributed by atoms with Gasteiger partial charge in [-0.3, -0.25) is 4.79 Å². The maximum absolute atomic E-state index is 12.5. The van der Waals surface area contributed by atoms with E-state index in [1.54, 1.807) is 0 Å². The third kappa shape index (κ3) is 50.7. The van der Waals surface area contributed by atoms with E-state index in [0.29, 0.717) is 12.8 Å². The molecule has 0 saturated carbocycles. The number of hydrogen-bond donors (Lipinski definition) is 4. The van der Waals surface area contributed by atoms with Crippen LogP contribution in [0, 0.1) is 0 Å². The van der Waals surface area contributed by atoms with Crippen LogP contribution in [-0.4, -0.2) is 46.1 Å². The van der Waals surface area contributed by atoms with Gasteiger partial charge in [-0.2, -0.15) is 0 Å². The fourth-order valence-corrected chi connectivity index (χ4v) is 9.63. The van der Waals surface area contributed by atoms with Crippen molar-refractivity contribution in [2.75, 3.05) is 6.61 Å². The maximum atomic E-state index is 12.5. The predicted molar refractivity (Wildman–Crippen MR) is 292 cm³/mol. The number of allylic oxidation sites excluding steroid dienone is 4. The van der Waals surface area contributed by atoms with Gasteiger partial charge in [0.05, 0.1) is 18.8 Å². The molecular formula is C61H119NO4. The van der Waals surface area contributed by atoms with Gasteiger partial charge in [0.1, 0.15) is 6.10 Å². The molecule has 0 radical (unpaired) electrons. The van der Waals surface area contributed by atoms with Crippen molar-refractivity contribution in [2.45, 2.75) is 353 Å². The van der Waals surface area contributed by atoms with Crippen molar-refractivity contribution in [2.24, 2.45) is 0 Å². The lowest BCUT2D eigenvalue weighted by molar-refractivity contribution is -0.124. The first-order valence-corrected chi connectivity index (χ1v) is 30.1. The molecule has 1 amide bonds. The zero-order valence-electron chi connectivity index (χ0n) is 44.9. The van der Waals surface area contributed by atoms with Gasteiger partial charge in [0.2, 0.25) is 5.91 Å². The highest BCUT2D eigenvalue weighted by molar-refractivity contribution is 5.76. The molecule has 0 aliphatic rings. The summed E-state index contributed by atoms with van der Waals surface area (Å²) in [4.78, 5) is 12.5. The van der Waals surface area contributed by atoms with E-state index in [-0.39, 0.29) is 12.5 Å². The van der Waals surface area contributed by atoms with Gasteiger partial charge < -0.3 is 20.6 Å². The van der Waals surface area contributed by atoms with Gasteiger partial charge in [-0.1, -0.05) is 289 Å². The van der Waals surface area contributed by atoms with Crippen LogP contribution in [-0.2, 0) is 4.79 Å². The lowest BCUT2D eigenvalue weighted by Gasteiger charge is -2.26. The third-order valence-corrected chi connectivity index (χ3v) is 14.3. The highest BCUT2D eigenvalue weighted by Gasteiger charge is 2.26. The Balaban J connectivity index is 3.53. The molecule has 4 N–H and O–H groups in total. The molecule has 66 heavy (non-hydrogen) atoms. The third-order valence-electron chi connectivity index (χ3n) is 14.3. The van der Waals surface area contributed by atoms with E-state index in [9.17, 15) is 20.1 Å². The van der Waals surface area contributed by atoms with Crippen LogP contribution < -0.4 is 5.32 Å². The van der Waals surface area contributed by atoms with E-state index in [0.717, 1.165) is 38.5 Å². The first kappa shape index (κ1) is 64.8. The van der Waals surface area contributed by atoms with E-state index >= 15 is 0 Å². The second kappa shape index (κ2) is 56.4. The fraction of sp³-hybridized carbons (Fsp3) is 0.918. The second-order valence-corrected chi connectivity index (χ2v) is 20.9. The molecule has 0 aliphatic heterocycles. The van der Waals surface area contributed by atoms with Crippen molar-refractivity contribution >= 4 is 5.91 Å². The molecule has 0 aromatic rings. The topological polar surface area (TPSA) is 89.8 Å². The number of unbranched alkanes of at least 4 members (excludes halogenated alkanes) is 44. The van der Waals surface area contributed by atoms with E-state index < -0.39 is 18.2 Å². The molecule has 3 atom stereocenters. The Bertz CT molecular complexity index is 982. The molecule has 0 aromatic heterocycles. The van der Waals surface area contributed by atoms with Crippen molar-refractivity contribution in [3.8, 4) is 0 Å². The number of carbonyl (C=O) groups excluding carboxylic acids is 1. The van der Waals surface area contributed by atoms with Crippen LogP contribution in [0.1, 0.15) is 335 Å². The number of aliphatic hydroxyl groups is 3. The van der Waals surface area contributed by atoms with Gasteiger partial charge in [0.15, 0.2) is 0 Å². The Labute approximate surface area is 413 Å². The summed E-state index contributed by atoms with van der Waals surface area (Å²) in [6.07, 6.45) is 72.1. The van der Waals surface area contributed by atoms with E-state index in [1.165, 1.54) is 270 Å². The number of carbonyl (C=O) groups is 1. The van der Waals surface area contributed by atoms with Gasteiger partial charge in [-0.25, -0.2) is 0 Å². The average molecular weight is 931 g/mol. The zero-order chi connectivity index (χ0) is 47.9. The highest BCUT2D eigenvalue weighted by atomic mass is 16.3. The normalized spacial score (nSPS) is 13.3. The Morgan fingerprint density at radius 2 is 0.606 bits per heavy atom. The number of rotatable bonds is 56. The van der Waals surface area contributed by atoms with Crippen LogP contribution in [0.3, 0.4) is 0 Å². The molecule has 3 unspecified atom stereocenters. The maximum Gasteiger partial charge on any atom is 0.220 e. The Hall–Kier alpha value is -1.17. The van der Waals surface area contributed by atoms with Crippen molar-refractivity contribution < 1.29 is 20.1 Å². The molecule has 392 valence electrons. The zero-order valence-corrected chi connectivity index (χ0v) is 44.9. The van der Waals surface area contributed by atoms with Gasteiger partial charge >= 0.3 is 0 Å². The van der Waals surface area contributed by atoms with Gasteiger partial charge in [-0.05, 0) is 64.2 Å². The van der Waals surface area contributed by atoms with Crippen LogP contribution in [0.2, 0.25) is 0 Å². The second-order valence-electron chi connectivity index (χ2n) is 20.9. The summed E-state index contributed by atoms with van der Waals surface area (Å²) in [5, 5.41) is 33.8. The Morgan fingerprint density at radius 3 is 0.879 bits per heavy atom. The van der Waals surface area contributed by atoms with Gasteiger partial charge in [0.25, 0.3) is 0 Å². The smallest absolute Gasteiger partial charge is 0.220 e. The van der Waals surface area contributed by atoms with E-state index in [4.69, 9.17) is 0 Å². The van der Waals surface area contributed by atoms with Crippen LogP contribution in [0.15, 0.2) is 24.3 Å². The SMILES string of the molecule is CCCCCCCCCCCCCC/C=C\CCCCCCCCCCCCCCCC(=O)NC(CO)C(O)C(O)CCC/C=C/CCCCCCCCCCCCCCCCCCCC. The first-order valence-electron chi connectivity index (χ1n) is 30.1. The van der Waals surface area contributed by atoms with Crippen LogP contribution in [0.5, 0.6) is 0 Å². The first-order chi connectivity index (χ1) is 32.6. The van der Waals surface area contributed by atoms with Crippen molar-refractivity contribution in [1.29, 1.82) is 0 Å². The largest absolute Gasteiger partial charge is 0.394 e. The molecule has 0 bridgehead atoms. The fourth-order valence-electron chi connectivity index (χ4n) is 9.63. The monoisotopic (exact) mass is 930 g/mol. The van der Waals surface area contributed by atoms with Crippen LogP contribution in [0.25, 0.3) is 0 Å². The van der Waals surface area contributed by atoms with Crippen molar-refractivity contribution in [3.63, 3.8) is 0 Å². The quantitative estimate of drug-likeness (QED) is 0.0361. The van der Waals surface area contributed by atoms with Crippen LogP contribution >= 0.6 is 0 Å². The highest BCUT2D eigenvalue weighted by Crippen LogP contribution is 2.18. The molecule has 0 rings (SSSR count). The van der Waals surface area contributed by atoms with Crippen molar-refractivity contribution in [1.82, 2.24) is 5.32 Å². The molecule has 0 heterocycles. The Kier molecular flexibility index (Phi) is 55.4. The lowest BCUT2D eigenvalue weighted by atomic mass is 10.0. The summed E-state index contributed by atoms with van der Waals surface area (Å²) in [6.45, 7) is 4.21. The van der Waals surface area contributed by atoms with Gasteiger partial charge in [0, 0.05) is 6.42 Å². The summed E-state index contributed by atoms with van der Waals surface area (Å²) in [7, 11) is 0. The minimum atomic E-state index is -1.16. The molecular weight excluding hydrogens is 811 g/mol. The molecule has 0 fully saturated rings. The standard InChI is InChI=1S/C61H119NO4/c1-3-5-7-9-11-13-15-17-19-21-23-25-27-28-29-30-31-32-34-36-38-40-42-44-46-48-50-52-54-56-60(65)62-58(57-63)61(66)59(64)55-53-51-49-47-45-43-41-39-37-35-33-26-24-22-20-18-16-14-12-10-8-6-4-2/h28-29,47,49,58-59,61,63-64,66H,3-27,30-46,48,50-57H2,1-2H3,(H,62,65)/b29-28-,49-47+. The van der Waals surface area contributed by atoms with E-state index in [2.05, 4.69) is 43.5 Å². The molecule has 5 nitrogen and oxygen atoms in total. The summed E-state index contributed by atoms with van der Waals surface area (Å²) >= 11 is 0. The van der Waals surface area contributed by atoms with Gasteiger partial charge in [-0.15, -0.1) is 0 Å². The number of nitrogens with one attached hydrogen (secondary N) is 1.